The lowest BCUT2D eigenvalue weighted by atomic mass is 9.96. The van der Waals surface area contributed by atoms with Crippen LogP contribution in [0.25, 0.3) is 11.5 Å². The second-order valence-corrected chi connectivity index (χ2v) is 12.5. The van der Waals surface area contributed by atoms with Crippen LogP contribution in [0.3, 0.4) is 0 Å². The Hall–Kier alpha value is -2.60. The fourth-order valence-electron chi connectivity index (χ4n) is 4.17. The fourth-order valence-corrected chi connectivity index (χ4v) is 7.21. The molecule has 0 aliphatic carbocycles. The third kappa shape index (κ3) is 5.95. The van der Waals surface area contributed by atoms with Crippen molar-refractivity contribution in [2.45, 2.75) is 31.4 Å². The van der Waals surface area contributed by atoms with Crippen molar-refractivity contribution in [2.24, 2.45) is 5.92 Å². The third-order valence-corrected chi connectivity index (χ3v) is 9.50. The molecule has 1 fully saturated rings. The summed E-state index contributed by atoms with van der Waals surface area (Å²) in [6, 6.07) is 5.00. The van der Waals surface area contributed by atoms with Crippen LogP contribution >= 0.6 is 34.5 Å². The number of hydrogen-bond donors (Lipinski definition) is 2. The molecular formula is C24H27Cl2N5O4S2. The quantitative estimate of drug-likeness (QED) is 0.326. The van der Waals surface area contributed by atoms with Crippen LogP contribution < -0.4 is 14.9 Å². The lowest BCUT2D eigenvalue weighted by Crippen LogP contribution is -2.43. The molecule has 1 atom stereocenters. The van der Waals surface area contributed by atoms with Gasteiger partial charge in [-0.05, 0) is 31.0 Å². The van der Waals surface area contributed by atoms with Gasteiger partial charge in [0.1, 0.15) is 22.6 Å². The number of thiophene rings is 1. The Bertz CT molecular complexity index is 1400. The zero-order chi connectivity index (χ0) is 26.7. The number of nitrogens with one attached hydrogen (secondary N) is 2. The SMILES string of the molecule is C=CC(c1ccc(Cl)s1)S(=O)(=O)NC(=O)C1CCN(c2nc(NC)c(-c3ncc(CC)o3)cc2Cl)CC1. The van der Waals surface area contributed by atoms with Gasteiger partial charge in [0.15, 0.2) is 0 Å². The standard InChI is InChI=1S/C24H27Cl2N5O4S2/c1-4-15-13-28-24(35-15)16-12-17(25)22(29-21(16)27-3)31-10-8-14(9-11-31)23(32)30-37(33,34)19(5-2)18-6-7-20(26)36-18/h5-7,12-14,19H,2,4,8-11H2,1,3H3,(H,27,29)(H,30,32). The normalized spacial score (nSPS) is 15.4. The maximum atomic E-state index is 12.9. The smallest absolute Gasteiger partial charge is 0.246 e. The molecule has 1 amide bonds. The summed E-state index contributed by atoms with van der Waals surface area (Å²) in [5.74, 6) is 1.34. The molecule has 2 N–H and O–H groups in total. The van der Waals surface area contributed by atoms with Gasteiger partial charge in [-0.3, -0.25) is 9.52 Å². The summed E-state index contributed by atoms with van der Waals surface area (Å²) in [5, 5.41) is 2.44. The number of hydrogen-bond acceptors (Lipinski definition) is 9. The molecular weight excluding hydrogens is 557 g/mol. The van der Waals surface area contributed by atoms with E-state index in [9.17, 15) is 13.2 Å². The van der Waals surface area contributed by atoms with Crippen molar-refractivity contribution in [1.82, 2.24) is 14.7 Å². The lowest BCUT2D eigenvalue weighted by Gasteiger charge is -2.33. The Kier molecular flexibility index (Phi) is 8.47. The van der Waals surface area contributed by atoms with Crippen LogP contribution in [0.2, 0.25) is 9.36 Å². The molecule has 3 aromatic rings. The number of aromatic nitrogens is 2. The van der Waals surface area contributed by atoms with Crippen molar-refractivity contribution < 1.29 is 17.6 Å². The average molecular weight is 585 g/mol. The van der Waals surface area contributed by atoms with E-state index in [0.717, 1.165) is 23.5 Å². The Morgan fingerprint density at radius 1 is 1.35 bits per heavy atom. The van der Waals surface area contributed by atoms with E-state index in [1.165, 1.54) is 6.08 Å². The zero-order valence-corrected chi connectivity index (χ0v) is 23.5. The number of amides is 1. The molecule has 0 aromatic carbocycles. The Labute approximate surface area is 229 Å². The first-order valence-electron chi connectivity index (χ1n) is 11.7. The van der Waals surface area contributed by atoms with Crippen molar-refractivity contribution in [3.05, 3.63) is 57.0 Å². The van der Waals surface area contributed by atoms with Gasteiger partial charge >= 0.3 is 0 Å². The van der Waals surface area contributed by atoms with Gasteiger partial charge in [-0.15, -0.1) is 17.9 Å². The number of carbonyl (C=O) groups is 1. The first-order chi connectivity index (χ1) is 17.7. The number of carbonyl (C=O) groups excluding carboxylic acids is 1. The van der Waals surface area contributed by atoms with Crippen LogP contribution in [-0.4, -0.2) is 44.4 Å². The summed E-state index contributed by atoms with van der Waals surface area (Å²) >= 11 is 13.7. The number of piperidine rings is 1. The van der Waals surface area contributed by atoms with Gasteiger partial charge in [0, 0.05) is 37.4 Å². The molecule has 0 spiro atoms. The fraction of sp³-hybridized carbons (Fsp3) is 0.375. The van der Waals surface area contributed by atoms with Crippen molar-refractivity contribution in [3.8, 4) is 11.5 Å². The van der Waals surface area contributed by atoms with Crippen molar-refractivity contribution in [2.75, 3.05) is 30.4 Å². The Morgan fingerprint density at radius 3 is 2.65 bits per heavy atom. The molecule has 3 aromatic heterocycles. The summed E-state index contributed by atoms with van der Waals surface area (Å²) in [6.07, 6.45) is 4.58. The molecule has 4 rings (SSSR count). The summed E-state index contributed by atoms with van der Waals surface area (Å²) in [4.78, 5) is 24.4. The third-order valence-electron chi connectivity index (χ3n) is 6.16. The number of rotatable bonds is 9. The average Bonchev–Trinajstić information content (AvgIpc) is 3.53. The first-order valence-corrected chi connectivity index (χ1v) is 14.8. The largest absolute Gasteiger partial charge is 0.441 e. The minimum absolute atomic E-state index is 0.430. The van der Waals surface area contributed by atoms with Crippen LogP contribution in [0.5, 0.6) is 0 Å². The highest BCUT2D eigenvalue weighted by molar-refractivity contribution is 7.90. The highest BCUT2D eigenvalue weighted by Crippen LogP contribution is 2.36. The van der Waals surface area contributed by atoms with Gasteiger partial charge in [0.05, 0.1) is 21.1 Å². The molecule has 1 aliphatic heterocycles. The van der Waals surface area contributed by atoms with E-state index in [0.29, 0.717) is 63.3 Å². The topological polar surface area (TPSA) is 117 Å². The molecule has 198 valence electrons. The predicted molar refractivity (Wildman–Crippen MR) is 148 cm³/mol. The highest BCUT2D eigenvalue weighted by Gasteiger charge is 2.33. The van der Waals surface area contributed by atoms with E-state index in [2.05, 4.69) is 21.6 Å². The molecule has 0 saturated carbocycles. The van der Waals surface area contributed by atoms with Crippen LogP contribution in [0.4, 0.5) is 11.6 Å². The molecule has 1 saturated heterocycles. The van der Waals surface area contributed by atoms with E-state index >= 15 is 0 Å². The van der Waals surface area contributed by atoms with Gasteiger partial charge < -0.3 is 14.6 Å². The summed E-state index contributed by atoms with van der Waals surface area (Å²) < 4.78 is 34.3. The number of pyridine rings is 1. The number of aryl methyl sites for hydroxylation is 1. The number of anilines is 2. The summed E-state index contributed by atoms with van der Waals surface area (Å²) in [7, 11) is -2.25. The van der Waals surface area contributed by atoms with Gasteiger partial charge in [0.2, 0.25) is 21.8 Å². The Morgan fingerprint density at radius 2 is 2.08 bits per heavy atom. The number of nitrogens with zero attached hydrogens (tertiary/aromatic N) is 3. The van der Waals surface area contributed by atoms with Gasteiger partial charge in [-0.1, -0.05) is 36.2 Å². The predicted octanol–water partition coefficient (Wildman–Crippen LogP) is 5.30. The second kappa shape index (κ2) is 11.4. The molecule has 37 heavy (non-hydrogen) atoms. The van der Waals surface area contributed by atoms with Gasteiger partial charge in [-0.2, -0.15) is 0 Å². The van der Waals surface area contributed by atoms with E-state index in [-0.39, 0.29) is 0 Å². The first kappa shape index (κ1) is 27.4. The minimum atomic E-state index is -4.01. The summed E-state index contributed by atoms with van der Waals surface area (Å²) in [5.41, 5.74) is 0.652. The summed E-state index contributed by atoms with van der Waals surface area (Å²) in [6.45, 7) is 6.57. The molecule has 9 nitrogen and oxygen atoms in total. The van der Waals surface area contributed by atoms with Crippen molar-refractivity contribution >= 4 is 62.1 Å². The van der Waals surface area contributed by atoms with Crippen molar-refractivity contribution in [3.63, 3.8) is 0 Å². The maximum Gasteiger partial charge on any atom is 0.246 e. The number of sulfonamides is 1. The second-order valence-electron chi connectivity index (χ2n) is 8.50. The minimum Gasteiger partial charge on any atom is -0.441 e. The van der Waals surface area contributed by atoms with Crippen LogP contribution in [-0.2, 0) is 21.2 Å². The molecule has 13 heteroatoms. The van der Waals surface area contributed by atoms with Gasteiger partial charge in [0.25, 0.3) is 0 Å². The van der Waals surface area contributed by atoms with Crippen LogP contribution in [0.1, 0.15) is 35.7 Å². The maximum absolute atomic E-state index is 12.9. The van der Waals surface area contributed by atoms with Crippen molar-refractivity contribution in [1.29, 1.82) is 0 Å². The van der Waals surface area contributed by atoms with E-state index in [1.807, 2.05) is 11.8 Å². The number of oxazole rings is 1. The van der Waals surface area contributed by atoms with Gasteiger partial charge in [-0.25, -0.2) is 18.4 Å². The lowest BCUT2D eigenvalue weighted by molar-refractivity contribution is -0.123. The van der Waals surface area contributed by atoms with Crippen LogP contribution in [0, 0.1) is 5.92 Å². The molecule has 0 radical (unpaired) electrons. The van der Waals surface area contributed by atoms with E-state index in [4.69, 9.17) is 32.6 Å². The molecule has 1 unspecified atom stereocenters. The zero-order valence-electron chi connectivity index (χ0n) is 20.3. The molecule has 1 aliphatic rings. The Balaban J connectivity index is 1.44. The van der Waals surface area contributed by atoms with Crippen LogP contribution in [0.15, 0.2) is 41.5 Å². The highest BCUT2D eigenvalue weighted by atomic mass is 35.5. The number of halogens is 2. The van der Waals surface area contributed by atoms with E-state index in [1.54, 1.807) is 31.4 Å². The molecule has 4 heterocycles. The molecule has 0 bridgehead atoms. The monoisotopic (exact) mass is 583 g/mol. The van der Waals surface area contributed by atoms with E-state index < -0.39 is 27.1 Å².